The number of amides is 1. The zero-order valence-electron chi connectivity index (χ0n) is 14.0. The van der Waals surface area contributed by atoms with Crippen molar-refractivity contribution in [2.45, 2.75) is 44.2 Å². The molecule has 1 amide bonds. The summed E-state index contributed by atoms with van der Waals surface area (Å²) in [4.78, 5) is 21.9. The van der Waals surface area contributed by atoms with Crippen LogP contribution in [0, 0.1) is 6.92 Å². The summed E-state index contributed by atoms with van der Waals surface area (Å²) in [6.45, 7) is 5.31. The summed E-state index contributed by atoms with van der Waals surface area (Å²) in [5.74, 6) is 0.169. The SMILES string of the molecule is Cc1ccc(CN2CCC3(CC2)C[C@@H](c2ccncc2)C(=O)N3)s1. The Morgan fingerprint density at radius 3 is 2.67 bits per heavy atom. The van der Waals surface area contributed by atoms with E-state index >= 15 is 0 Å². The van der Waals surface area contributed by atoms with Crippen LogP contribution >= 0.6 is 11.3 Å². The fourth-order valence-electron chi connectivity index (χ4n) is 4.01. The number of carbonyl (C=O) groups excluding carboxylic acids is 1. The molecule has 1 atom stereocenters. The van der Waals surface area contributed by atoms with Crippen molar-refractivity contribution >= 4 is 17.2 Å². The maximum atomic E-state index is 12.5. The number of aromatic nitrogens is 1. The lowest BCUT2D eigenvalue weighted by Crippen LogP contribution is -2.50. The summed E-state index contributed by atoms with van der Waals surface area (Å²) in [6, 6.07) is 8.37. The first-order valence-electron chi connectivity index (χ1n) is 8.63. The van der Waals surface area contributed by atoms with Crippen molar-refractivity contribution < 1.29 is 4.79 Å². The van der Waals surface area contributed by atoms with Crippen LogP contribution in [0.25, 0.3) is 0 Å². The molecule has 4 heterocycles. The summed E-state index contributed by atoms with van der Waals surface area (Å²) >= 11 is 1.89. The van der Waals surface area contributed by atoms with E-state index in [0.29, 0.717) is 0 Å². The van der Waals surface area contributed by atoms with E-state index in [0.717, 1.165) is 44.5 Å². The number of aryl methyl sites for hydroxylation is 1. The van der Waals surface area contributed by atoms with Crippen LogP contribution in [0.4, 0.5) is 0 Å². The molecule has 1 spiro atoms. The average molecular weight is 341 g/mol. The molecule has 1 N–H and O–H groups in total. The summed E-state index contributed by atoms with van der Waals surface area (Å²) in [5, 5.41) is 3.32. The van der Waals surface area contributed by atoms with Gasteiger partial charge >= 0.3 is 0 Å². The Hall–Kier alpha value is -1.72. The van der Waals surface area contributed by atoms with Gasteiger partial charge in [0, 0.05) is 47.3 Å². The van der Waals surface area contributed by atoms with Gasteiger partial charge in [0.05, 0.1) is 5.92 Å². The van der Waals surface area contributed by atoms with Gasteiger partial charge in [0.25, 0.3) is 0 Å². The molecule has 5 heteroatoms. The number of nitrogens with zero attached hydrogens (tertiary/aromatic N) is 2. The second kappa shape index (κ2) is 6.30. The Kier molecular flexibility index (Phi) is 4.14. The number of hydrogen-bond acceptors (Lipinski definition) is 4. The van der Waals surface area contributed by atoms with Crippen LogP contribution in [0.3, 0.4) is 0 Å². The first-order valence-corrected chi connectivity index (χ1v) is 9.45. The molecule has 4 rings (SSSR count). The van der Waals surface area contributed by atoms with E-state index in [1.165, 1.54) is 9.75 Å². The smallest absolute Gasteiger partial charge is 0.228 e. The van der Waals surface area contributed by atoms with Crippen LogP contribution in [-0.4, -0.2) is 34.4 Å². The molecule has 2 aliphatic rings. The average Bonchev–Trinajstić information content (AvgIpc) is 3.14. The lowest BCUT2D eigenvalue weighted by molar-refractivity contribution is -0.121. The second-order valence-electron chi connectivity index (χ2n) is 7.10. The molecule has 0 unspecified atom stereocenters. The number of rotatable bonds is 3. The Morgan fingerprint density at radius 1 is 1.25 bits per heavy atom. The maximum absolute atomic E-state index is 12.5. The van der Waals surface area contributed by atoms with E-state index in [-0.39, 0.29) is 17.4 Å². The summed E-state index contributed by atoms with van der Waals surface area (Å²) in [6.07, 6.45) is 6.57. The number of hydrogen-bond donors (Lipinski definition) is 1. The molecule has 0 radical (unpaired) electrons. The minimum atomic E-state index is -0.0144. The van der Waals surface area contributed by atoms with Gasteiger partial charge in [-0.2, -0.15) is 0 Å². The topological polar surface area (TPSA) is 45.2 Å². The molecule has 2 aromatic heterocycles. The number of nitrogens with one attached hydrogen (secondary N) is 1. The Morgan fingerprint density at radius 2 is 2.00 bits per heavy atom. The van der Waals surface area contributed by atoms with Gasteiger partial charge in [-0.25, -0.2) is 0 Å². The predicted molar refractivity (Wildman–Crippen MR) is 96.0 cm³/mol. The van der Waals surface area contributed by atoms with Crippen molar-refractivity contribution in [2.24, 2.45) is 0 Å². The number of likely N-dealkylation sites (tertiary alicyclic amines) is 1. The number of carbonyl (C=O) groups is 1. The highest BCUT2D eigenvalue weighted by molar-refractivity contribution is 7.11. The lowest BCUT2D eigenvalue weighted by atomic mass is 9.82. The summed E-state index contributed by atoms with van der Waals surface area (Å²) in [7, 11) is 0. The zero-order chi connectivity index (χ0) is 16.6. The minimum absolute atomic E-state index is 0.00706. The van der Waals surface area contributed by atoms with Crippen molar-refractivity contribution in [3.05, 3.63) is 52.0 Å². The predicted octanol–water partition coefficient (Wildman–Crippen LogP) is 3.09. The van der Waals surface area contributed by atoms with Gasteiger partial charge in [-0.1, -0.05) is 0 Å². The van der Waals surface area contributed by atoms with Gasteiger partial charge in [0.15, 0.2) is 0 Å². The van der Waals surface area contributed by atoms with E-state index in [2.05, 4.69) is 34.3 Å². The number of thiophene rings is 1. The van der Waals surface area contributed by atoms with Gasteiger partial charge < -0.3 is 5.32 Å². The monoisotopic (exact) mass is 341 g/mol. The molecule has 2 aliphatic heterocycles. The Balaban J connectivity index is 1.39. The molecule has 24 heavy (non-hydrogen) atoms. The molecular weight excluding hydrogens is 318 g/mol. The standard InChI is InChI=1S/C19H23N3OS/c1-14-2-3-16(24-14)13-22-10-6-19(7-11-22)12-17(18(23)21-19)15-4-8-20-9-5-15/h2-5,8-9,17H,6-7,10-13H2,1H3,(H,21,23)/t17-/m0/s1. The molecule has 2 saturated heterocycles. The van der Waals surface area contributed by atoms with Gasteiger partial charge in [-0.15, -0.1) is 11.3 Å². The maximum Gasteiger partial charge on any atom is 0.228 e. The highest BCUT2D eigenvalue weighted by Gasteiger charge is 2.46. The summed E-state index contributed by atoms with van der Waals surface area (Å²) in [5.41, 5.74) is 1.09. The van der Waals surface area contributed by atoms with E-state index in [1.54, 1.807) is 12.4 Å². The van der Waals surface area contributed by atoms with Crippen LogP contribution in [0.15, 0.2) is 36.7 Å². The molecule has 4 nitrogen and oxygen atoms in total. The van der Waals surface area contributed by atoms with E-state index in [9.17, 15) is 4.79 Å². The van der Waals surface area contributed by atoms with Crippen LogP contribution in [0.5, 0.6) is 0 Å². The molecular formula is C19H23N3OS. The second-order valence-corrected chi connectivity index (χ2v) is 8.47. The van der Waals surface area contributed by atoms with Gasteiger partial charge in [0.1, 0.15) is 0 Å². The summed E-state index contributed by atoms with van der Waals surface area (Å²) < 4.78 is 0. The molecule has 126 valence electrons. The first-order chi connectivity index (χ1) is 11.6. The van der Waals surface area contributed by atoms with Gasteiger partial charge in [0.2, 0.25) is 5.91 Å². The van der Waals surface area contributed by atoms with Gasteiger partial charge in [-0.05, 0) is 56.0 Å². The highest BCUT2D eigenvalue weighted by atomic mass is 32.1. The molecule has 0 aliphatic carbocycles. The Labute approximate surface area is 146 Å². The third-order valence-electron chi connectivity index (χ3n) is 5.40. The molecule has 2 aromatic rings. The normalized spacial score (nSPS) is 23.5. The van der Waals surface area contributed by atoms with Crippen molar-refractivity contribution in [1.82, 2.24) is 15.2 Å². The molecule has 0 bridgehead atoms. The fourth-order valence-corrected chi connectivity index (χ4v) is 4.94. The van der Waals surface area contributed by atoms with Crippen LogP contribution < -0.4 is 5.32 Å². The third kappa shape index (κ3) is 3.10. The quantitative estimate of drug-likeness (QED) is 0.933. The fraction of sp³-hybridized carbons (Fsp3) is 0.474. The van der Waals surface area contributed by atoms with Crippen molar-refractivity contribution in [2.75, 3.05) is 13.1 Å². The molecule has 2 fully saturated rings. The number of pyridine rings is 1. The third-order valence-corrected chi connectivity index (χ3v) is 6.38. The molecule has 0 aromatic carbocycles. The largest absolute Gasteiger partial charge is 0.350 e. The van der Waals surface area contributed by atoms with E-state index in [1.807, 2.05) is 23.5 Å². The van der Waals surface area contributed by atoms with E-state index < -0.39 is 0 Å². The zero-order valence-corrected chi connectivity index (χ0v) is 14.8. The van der Waals surface area contributed by atoms with E-state index in [4.69, 9.17) is 0 Å². The Bertz CT molecular complexity index is 719. The van der Waals surface area contributed by atoms with Crippen LogP contribution in [0.2, 0.25) is 0 Å². The van der Waals surface area contributed by atoms with Gasteiger partial charge in [-0.3, -0.25) is 14.7 Å². The van der Waals surface area contributed by atoms with Crippen molar-refractivity contribution in [3.63, 3.8) is 0 Å². The highest BCUT2D eigenvalue weighted by Crippen LogP contribution is 2.39. The van der Waals surface area contributed by atoms with Crippen LogP contribution in [-0.2, 0) is 11.3 Å². The number of piperidine rings is 1. The molecule has 0 saturated carbocycles. The van der Waals surface area contributed by atoms with Crippen LogP contribution in [0.1, 0.15) is 40.5 Å². The lowest BCUT2D eigenvalue weighted by Gasteiger charge is -2.39. The van der Waals surface area contributed by atoms with Crippen molar-refractivity contribution in [3.8, 4) is 0 Å². The van der Waals surface area contributed by atoms with Crippen molar-refractivity contribution in [1.29, 1.82) is 0 Å². The first kappa shape index (κ1) is 15.8. The minimum Gasteiger partial charge on any atom is -0.350 e.